The lowest BCUT2D eigenvalue weighted by molar-refractivity contribution is -0.119. The van der Waals surface area contributed by atoms with Gasteiger partial charge in [-0.1, -0.05) is 30.1 Å². The van der Waals surface area contributed by atoms with Crippen LogP contribution in [0.2, 0.25) is 0 Å². The monoisotopic (exact) mass is 644 g/mol. The molecule has 1 aromatic carbocycles. The number of carbonyl (C=O) groups excluding carboxylic acids is 2. The van der Waals surface area contributed by atoms with Crippen LogP contribution in [0.4, 0.5) is 11.6 Å². The standard InChI is InChI=1S/C30H35BN8O2P2S/c1-16-3-6-21(29(42)43)24(25(16)31)22-12-32-23(15-44-20-4-5-20)26(37-22)27(40)36-19-11-35-38(14-19)13-18-9-33-30(34-10-18)39-8-7-17(2)28(39)41/h3,6,9-12,14,17,20,29H,4-5,7-8,13,15,31,42-43H2,1-2H3,(H,36,40)/t17-/m1/s1. The molecule has 10 nitrogen and oxygen atoms in total. The van der Waals surface area contributed by atoms with Crippen LogP contribution < -0.4 is 15.7 Å². The first-order valence-electron chi connectivity index (χ1n) is 14.7. The molecule has 6 rings (SSSR count). The number of aromatic nitrogens is 6. The maximum atomic E-state index is 13.7. The van der Waals surface area contributed by atoms with Crippen molar-refractivity contribution in [1.82, 2.24) is 29.7 Å². The zero-order valence-electron chi connectivity index (χ0n) is 25.0. The number of nitrogens with one attached hydrogen (secondary N) is 1. The number of hydrogen-bond acceptors (Lipinski definition) is 8. The van der Waals surface area contributed by atoms with Gasteiger partial charge in [0.05, 0.1) is 36.0 Å². The summed E-state index contributed by atoms with van der Waals surface area (Å²) in [7, 11) is 7.74. The fourth-order valence-electron chi connectivity index (χ4n) is 5.19. The van der Waals surface area contributed by atoms with Gasteiger partial charge in [-0.25, -0.2) is 15.0 Å². The van der Waals surface area contributed by atoms with E-state index in [0.29, 0.717) is 52.8 Å². The first-order chi connectivity index (χ1) is 21.2. The summed E-state index contributed by atoms with van der Waals surface area (Å²) in [6, 6.07) is 4.23. The van der Waals surface area contributed by atoms with E-state index in [1.807, 2.05) is 18.7 Å². The quantitative estimate of drug-likeness (QED) is 0.206. The van der Waals surface area contributed by atoms with Crippen molar-refractivity contribution in [3.63, 3.8) is 0 Å². The fraction of sp³-hybridized carbons (Fsp3) is 0.367. The molecule has 2 aliphatic rings. The Morgan fingerprint density at radius 3 is 2.59 bits per heavy atom. The summed E-state index contributed by atoms with van der Waals surface area (Å²) in [5.74, 6) is 0.798. The molecule has 2 fully saturated rings. The maximum absolute atomic E-state index is 13.7. The molecular formula is C30H35BN8O2P2S. The predicted octanol–water partition coefficient (Wildman–Crippen LogP) is 3.51. The Morgan fingerprint density at radius 1 is 1.14 bits per heavy atom. The Balaban J connectivity index is 1.21. The van der Waals surface area contributed by atoms with Crippen molar-refractivity contribution in [2.45, 2.75) is 56.1 Å². The zero-order chi connectivity index (χ0) is 31.0. The van der Waals surface area contributed by atoms with Gasteiger partial charge < -0.3 is 5.32 Å². The lowest BCUT2D eigenvalue weighted by Gasteiger charge is -2.18. The summed E-state index contributed by atoms with van der Waals surface area (Å²) in [5, 5.41) is 8.17. The Kier molecular flexibility index (Phi) is 9.13. The third-order valence-corrected chi connectivity index (χ3v) is 10.2. The topological polar surface area (TPSA) is 119 Å². The second kappa shape index (κ2) is 13.0. The van der Waals surface area contributed by atoms with Gasteiger partial charge in [-0.2, -0.15) is 16.9 Å². The Morgan fingerprint density at radius 2 is 1.91 bits per heavy atom. The summed E-state index contributed by atoms with van der Waals surface area (Å²) in [6.45, 7) is 5.06. The third kappa shape index (κ3) is 6.73. The van der Waals surface area contributed by atoms with E-state index in [0.717, 1.165) is 34.1 Å². The normalized spacial score (nSPS) is 16.6. The molecule has 1 saturated heterocycles. The molecule has 1 aliphatic carbocycles. The van der Waals surface area contributed by atoms with Crippen molar-refractivity contribution in [1.29, 1.82) is 0 Å². The lowest BCUT2D eigenvalue weighted by Crippen LogP contribution is -2.28. The lowest BCUT2D eigenvalue weighted by atomic mass is 9.83. The van der Waals surface area contributed by atoms with Gasteiger partial charge in [-0.05, 0) is 37.3 Å². The number of aryl methyl sites for hydroxylation is 1. The number of thioether (sulfide) groups is 1. The molecule has 44 heavy (non-hydrogen) atoms. The van der Waals surface area contributed by atoms with Gasteiger partial charge in [0.1, 0.15) is 7.85 Å². The number of amides is 2. The smallest absolute Gasteiger partial charge is 0.276 e. The highest BCUT2D eigenvalue weighted by molar-refractivity contribution is 7.99. The van der Waals surface area contributed by atoms with E-state index in [9.17, 15) is 9.59 Å². The van der Waals surface area contributed by atoms with E-state index < -0.39 is 0 Å². The summed E-state index contributed by atoms with van der Waals surface area (Å²) in [6.07, 6.45) is 11.8. The average Bonchev–Trinajstić information content (AvgIpc) is 3.65. The molecule has 0 spiro atoms. The molecule has 1 N–H and O–H groups in total. The van der Waals surface area contributed by atoms with E-state index in [-0.39, 0.29) is 23.1 Å². The summed E-state index contributed by atoms with van der Waals surface area (Å²) >= 11 is 1.82. The number of nitrogens with zero attached hydrogens (tertiary/aromatic N) is 7. The molecule has 2 unspecified atom stereocenters. The van der Waals surface area contributed by atoms with Gasteiger partial charge in [-0.15, -0.1) is 18.5 Å². The molecule has 226 valence electrons. The van der Waals surface area contributed by atoms with Crippen LogP contribution >= 0.6 is 30.2 Å². The Bertz CT molecular complexity index is 1710. The maximum Gasteiger partial charge on any atom is 0.276 e. The van der Waals surface area contributed by atoms with Crippen molar-refractivity contribution in [3.05, 3.63) is 71.2 Å². The van der Waals surface area contributed by atoms with Crippen LogP contribution in [0.1, 0.15) is 64.5 Å². The average molecular weight is 644 g/mol. The first-order valence-corrected chi connectivity index (χ1v) is 17.1. The minimum Gasteiger partial charge on any atom is -0.318 e. The summed E-state index contributed by atoms with van der Waals surface area (Å²) in [5.41, 5.74) is 7.48. The van der Waals surface area contributed by atoms with E-state index in [1.54, 1.807) is 40.6 Å². The Hall–Kier alpha value is -3.20. The van der Waals surface area contributed by atoms with Crippen molar-refractivity contribution in [2.24, 2.45) is 5.92 Å². The molecule has 1 aliphatic heterocycles. The Labute approximate surface area is 266 Å². The molecule has 4 aromatic rings. The van der Waals surface area contributed by atoms with E-state index in [1.165, 1.54) is 12.8 Å². The highest BCUT2D eigenvalue weighted by Gasteiger charge is 2.30. The van der Waals surface area contributed by atoms with Crippen molar-refractivity contribution >= 4 is 67.0 Å². The number of anilines is 2. The van der Waals surface area contributed by atoms with Crippen LogP contribution in [0.25, 0.3) is 11.3 Å². The highest BCUT2D eigenvalue weighted by Crippen LogP contribution is 2.38. The van der Waals surface area contributed by atoms with Crippen LogP contribution in [0.3, 0.4) is 0 Å². The molecule has 14 heteroatoms. The highest BCUT2D eigenvalue weighted by atomic mass is 32.2. The fourth-order valence-corrected chi connectivity index (χ4v) is 6.82. The van der Waals surface area contributed by atoms with Crippen LogP contribution in [0.5, 0.6) is 0 Å². The van der Waals surface area contributed by atoms with Gasteiger partial charge in [0, 0.05) is 53.0 Å². The third-order valence-electron chi connectivity index (χ3n) is 8.07. The van der Waals surface area contributed by atoms with Crippen LogP contribution in [-0.4, -0.2) is 61.2 Å². The van der Waals surface area contributed by atoms with E-state index in [4.69, 9.17) is 9.97 Å². The summed E-state index contributed by atoms with van der Waals surface area (Å²) in [4.78, 5) is 46.2. The minimum atomic E-state index is -0.317. The van der Waals surface area contributed by atoms with Crippen LogP contribution in [0, 0.1) is 12.8 Å². The molecule has 0 bridgehead atoms. The molecule has 0 radical (unpaired) electrons. The predicted molar refractivity (Wildman–Crippen MR) is 184 cm³/mol. The molecule has 3 atom stereocenters. The van der Waals surface area contributed by atoms with Gasteiger partial charge in [-0.3, -0.25) is 24.2 Å². The molecule has 3 aromatic heterocycles. The number of benzene rings is 1. The molecular weight excluding hydrogens is 609 g/mol. The second-order valence-electron chi connectivity index (χ2n) is 11.5. The summed E-state index contributed by atoms with van der Waals surface area (Å²) < 4.78 is 1.71. The van der Waals surface area contributed by atoms with Crippen molar-refractivity contribution in [2.75, 3.05) is 16.8 Å². The molecule has 1 saturated carbocycles. The first kappa shape index (κ1) is 30.8. The van der Waals surface area contributed by atoms with Gasteiger partial charge >= 0.3 is 0 Å². The number of hydrogen-bond donors (Lipinski definition) is 1. The minimum absolute atomic E-state index is 0.000155. The van der Waals surface area contributed by atoms with Crippen molar-refractivity contribution < 1.29 is 9.59 Å². The van der Waals surface area contributed by atoms with Gasteiger partial charge in [0.25, 0.3) is 5.91 Å². The largest absolute Gasteiger partial charge is 0.318 e. The van der Waals surface area contributed by atoms with E-state index >= 15 is 0 Å². The molecule has 2 amide bonds. The number of rotatable bonds is 10. The second-order valence-corrected chi connectivity index (χ2v) is 15.0. The molecule has 4 heterocycles. The zero-order valence-corrected chi connectivity index (χ0v) is 28.2. The number of carbonyl (C=O) groups is 2. The van der Waals surface area contributed by atoms with Crippen LogP contribution in [0.15, 0.2) is 43.1 Å². The van der Waals surface area contributed by atoms with Gasteiger partial charge in [0.2, 0.25) is 11.9 Å². The SMILES string of the molecule is Bc1c(C)ccc(C(P)P)c1-c1cnc(CSC2CC2)c(C(=O)Nc2cnn(Cc3cnc(N4CC[C@@H](C)C4=O)nc3)c2)n1. The van der Waals surface area contributed by atoms with Crippen LogP contribution in [-0.2, 0) is 17.1 Å². The van der Waals surface area contributed by atoms with Gasteiger partial charge in [0.15, 0.2) is 5.69 Å². The van der Waals surface area contributed by atoms with Crippen molar-refractivity contribution in [3.8, 4) is 11.3 Å². The van der Waals surface area contributed by atoms with E-state index in [2.05, 4.69) is 65.8 Å².